The SMILES string of the molecule is CC(C)(C)OC(=O)N[C@H](C(=O)c1ccc(NC(=O)OCc2ccccc2)cc1)C(C)(C)C. The van der Waals surface area contributed by atoms with Crippen LogP contribution < -0.4 is 10.6 Å². The molecule has 7 heteroatoms. The molecule has 0 aliphatic rings. The Labute approximate surface area is 189 Å². The molecule has 0 aliphatic carbocycles. The zero-order valence-corrected chi connectivity index (χ0v) is 19.5. The van der Waals surface area contributed by atoms with Crippen LogP contribution in [0, 0.1) is 5.41 Å². The summed E-state index contributed by atoms with van der Waals surface area (Å²) < 4.78 is 10.5. The van der Waals surface area contributed by atoms with Crippen LogP contribution in [0.5, 0.6) is 0 Å². The first-order valence-corrected chi connectivity index (χ1v) is 10.5. The third kappa shape index (κ3) is 8.06. The van der Waals surface area contributed by atoms with Gasteiger partial charge < -0.3 is 14.8 Å². The highest BCUT2D eigenvalue weighted by Crippen LogP contribution is 2.24. The maximum Gasteiger partial charge on any atom is 0.411 e. The van der Waals surface area contributed by atoms with Crippen molar-refractivity contribution in [3.05, 3.63) is 65.7 Å². The van der Waals surface area contributed by atoms with Gasteiger partial charge in [-0.25, -0.2) is 9.59 Å². The lowest BCUT2D eigenvalue weighted by Crippen LogP contribution is -2.50. The minimum atomic E-state index is -0.785. The Bertz CT molecular complexity index is 926. The Kier molecular flexibility index (Phi) is 8.02. The van der Waals surface area contributed by atoms with Crippen molar-refractivity contribution in [2.24, 2.45) is 5.41 Å². The van der Waals surface area contributed by atoms with E-state index in [0.29, 0.717) is 11.3 Å². The number of Topliss-reactive ketones (excluding diaryl/α,β-unsaturated/α-hetero) is 1. The van der Waals surface area contributed by atoms with E-state index in [2.05, 4.69) is 10.6 Å². The molecule has 1 atom stereocenters. The first kappa shape index (κ1) is 24.9. The quantitative estimate of drug-likeness (QED) is 0.574. The second kappa shape index (κ2) is 10.3. The standard InChI is InChI=1S/C25H32N2O5/c1-24(2,3)21(27-23(30)32-25(4,5)6)20(28)18-12-14-19(15-13-18)26-22(29)31-16-17-10-8-7-9-11-17/h7-15,21H,16H2,1-6H3,(H,26,29)(H,27,30)/t21-/m1/s1. The molecule has 32 heavy (non-hydrogen) atoms. The summed E-state index contributed by atoms with van der Waals surface area (Å²) in [7, 11) is 0. The van der Waals surface area contributed by atoms with Crippen molar-refractivity contribution in [3.8, 4) is 0 Å². The lowest BCUT2D eigenvalue weighted by atomic mass is 9.82. The molecule has 0 saturated carbocycles. The topological polar surface area (TPSA) is 93.7 Å². The predicted octanol–water partition coefficient (Wildman–Crippen LogP) is 5.56. The molecule has 0 bridgehead atoms. The molecule has 2 amide bonds. The van der Waals surface area contributed by atoms with Gasteiger partial charge in [-0.05, 0) is 56.0 Å². The van der Waals surface area contributed by atoms with Crippen LogP contribution >= 0.6 is 0 Å². The molecule has 0 aliphatic heterocycles. The first-order valence-electron chi connectivity index (χ1n) is 10.5. The summed E-state index contributed by atoms with van der Waals surface area (Å²) in [5, 5.41) is 5.32. The van der Waals surface area contributed by atoms with Gasteiger partial charge in [0.15, 0.2) is 5.78 Å². The van der Waals surface area contributed by atoms with E-state index in [-0.39, 0.29) is 12.4 Å². The van der Waals surface area contributed by atoms with Crippen LogP contribution in [-0.2, 0) is 16.1 Å². The van der Waals surface area contributed by atoms with Crippen LogP contribution in [0.1, 0.15) is 57.5 Å². The lowest BCUT2D eigenvalue weighted by molar-refractivity contribution is 0.0446. The van der Waals surface area contributed by atoms with Gasteiger partial charge in [0.25, 0.3) is 0 Å². The Morgan fingerprint density at radius 1 is 0.844 bits per heavy atom. The third-order valence-corrected chi connectivity index (χ3v) is 4.42. The fraction of sp³-hybridized carbons (Fsp3) is 0.400. The fourth-order valence-electron chi connectivity index (χ4n) is 2.86. The molecular weight excluding hydrogens is 408 g/mol. The minimum Gasteiger partial charge on any atom is -0.444 e. The van der Waals surface area contributed by atoms with Crippen LogP contribution in [0.15, 0.2) is 54.6 Å². The lowest BCUT2D eigenvalue weighted by Gasteiger charge is -2.31. The molecule has 2 aromatic rings. The Hall–Kier alpha value is -3.35. The molecule has 0 aromatic heterocycles. The number of benzene rings is 2. The predicted molar refractivity (Wildman–Crippen MR) is 124 cm³/mol. The Morgan fingerprint density at radius 3 is 1.97 bits per heavy atom. The van der Waals surface area contributed by atoms with Gasteiger partial charge in [-0.3, -0.25) is 10.1 Å². The summed E-state index contributed by atoms with van der Waals surface area (Å²) in [6.07, 6.45) is -1.24. The van der Waals surface area contributed by atoms with Gasteiger partial charge >= 0.3 is 12.2 Å². The maximum atomic E-state index is 13.1. The van der Waals surface area contributed by atoms with Crippen molar-refractivity contribution >= 4 is 23.7 Å². The van der Waals surface area contributed by atoms with Crippen molar-refractivity contribution in [2.75, 3.05) is 5.32 Å². The van der Waals surface area contributed by atoms with E-state index in [1.165, 1.54) is 0 Å². The van der Waals surface area contributed by atoms with Gasteiger partial charge in [0, 0.05) is 11.3 Å². The van der Waals surface area contributed by atoms with Gasteiger partial charge in [0.1, 0.15) is 18.2 Å². The molecule has 0 fully saturated rings. The van der Waals surface area contributed by atoms with Gasteiger partial charge in [0.2, 0.25) is 0 Å². The summed E-state index contributed by atoms with van der Waals surface area (Å²) in [6.45, 7) is 11.0. The third-order valence-electron chi connectivity index (χ3n) is 4.42. The zero-order valence-electron chi connectivity index (χ0n) is 19.5. The second-order valence-electron chi connectivity index (χ2n) is 9.57. The number of ketones is 1. The molecule has 172 valence electrons. The second-order valence-corrected chi connectivity index (χ2v) is 9.57. The van der Waals surface area contributed by atoms with Crippen LogP contribution in [0.3, 0.4) is 0 Å². The molecule has 0 radical (unpaired) electrons. The summed E-state index contributed by atoms with van der Waals surface area (Å²) in [5.41, 5.74) is 0.579. The minimum absolute atomic E-state index is 0.160. The fourth-order valence-corrected chi connectivity index (χ4v) is 2.86. The molecule has 0 spiro atoms. The number of rotatable bonds is 6. The Morgan fingerprint density at radius 2 is 1.44 bits per heavy atom. The number of anilines is 1. The van der Waals surface area contributed by atoms with Gasteiger partial charge in [-0.15, -0.1) is 0 Å². The van der Waals surface area contributed by atoms with Gasteiger partial charge in [-0.2, -0.15) is 0 Å². The molecular formula is C25H32N2O5. The van der Waals surface area contributed by atoms with E-state index < -0.39 is 29.2 Å². The van der Waals surface area contributed by atoms with Crippen LogP contribution in [0.4, 0.5) is 15.3 Å². The zero-order chi connectivity index (χ0) is 23.9. The van der Waals surface area contributed by atoms with Crippen molar-refractivity contribution in [3.63, 3.8) is 0 Å². The summed E-state index contributed by atoms with van der Waals surface area (Å²) in [4.78, 5) is 37.4. The van der Waals surface area contributed by atoms with E-state index in [9.17, 15) is 14.4 Å². The molecule has 2 aromatic carbocycles. The molecule has 0 unspecified atom stereocenters. The number of alkyl carbamates (subject to hydrolysis) is 1. The maximum absolute atomic E-state index is 13.1. The molecule has 0 saturated heterocycles. The van der Waals surface area contributed by atoms with Crippen molar-refractivity contribution in [1.29, 1.82) is 0 Å². The summed E-state index contributed by atoms with van der Waals surface area (Å²) >= 11 is 0. The number of nitrogens with one attached hydrogen (secondary N) is 2. The highest BCUT2D eigenvalue weighted by atomic mass is 16.6. The first-order chi connectivity index (χ1) is 14.8. The molecule has 2 N–H and O–H groups in total. The number of ether oxygens (including phenoxy) is 2. The van der Waals surface area contributed by atoms with Crippen LogP contribution in [0.25, 0.3) is 0 Å². The van der Waals surface area contributed by atoms with Gasteiger partial charge in [0.05, 0.1) is 0 Å². The van der Waals surface area contributed by atoms with Crippen molar-refractivity contribution in [1.82, 2.24) is 5.32 Å². The normalized spacial score (nSPS) is 12.4. The number of carbonyl (C=O) groups excluding carboxylic acids is 3. The summed E-state index contributed by atoms with van der Waals surface area (Å²) in [6, 6.07) is 15.0. The Balaban J connectivity index is 2.01. The number of hydrogen-bond acceptors (Lipinski definition) is 5. The van der Waals surface area contributed by atoms with E-state index in [4.69, 9.17) is 9.47 Å². The molecule has 2 rings (SSSR count). The summed E-state index contributed by atoms with van der Waals surface area (Å²) in [5.74, 6) is -0.249. The number of amides is 2. The van der Waals surface area contributed by atoms with Crippen LogP contribution in [-0.4, -0.2) is 29.6 Å². The van der Waals surface area contributed by atoms with E-state index in [1.807, 2.05) is 51.1 Å². The van der Waals surface area contributed by atoms with E-state index in [0.717, 1.165) is 5.56 Å². The van der Waals surface area contributed by atoms with Gasteiger partial charge in [-0.1, -0.05) is 51.1 Å². The van der Waals surface area contributed by atoms with Crippen LogP contribution in [0.2, 0.25) is 0 Å². The average Bonchev–Trinajstić information content (AvgIpc) is 2.69. The highest BCUT2D eigenvalue weighted by Gasteiger charge is 2.34. The number of hydrogen-bond donors (Lipinski definition) is 2. The van der Waals surface area contributed by atoms with E-state index >= 15 is 0 Å². The van der Waals surface area contributed by atoms with Crippen molar-refractivity contribution in [2.45, 2.75) is 59.8 Å². The van der Waals surface area contributed by atoms with Crippen molar-refractivity contribution < 1.29 is 23.9 Å². The molecule has 7 nitrogen and oxygen atoms in total. The molecule has 0 heterocycles. The smallest absolute Gasteiger partial charge is 0.411 e. The highest BCUT2D eigenvalue weighted by molar-refractivity contribution is 6.02. The van der Waals surface area contributed by atoms with E-state index in [1.54, 1.807) is 45.0 Å². The average molecular weight is 441 g/mol. The monoisotopic (exact) mass is 440 g/mol. The largest absolute Gasteiger partial charge is 0.444 e. The number of carbonyl (C=O) groups is 3.